The van der Waals surface area contributed by atoms with E-state index in [0.29, 0.717) is 17.3 Å². The summed E-state index contributed by atoms with van der Waals surface area (Å²) in [5.41, 5.74) is 1.84. The van der Waals surface area contributed by atoms with Crippen molar-refractivity contribution in [3.05, 3.63) is 74.8 Å². The standard InChI is InChI=1S/C25H30ClN3O4S/c1-18(25(31)27-22-5-3-2-4-6-22)28(15-19-7-11-21(26)12-8-19)24(30)17-34-16-20-9-13-23(14-10-20)29(32)33/h7-14,18,22H,2-6,15-17H2,1H3,(H,27,31). The smallest absolute Gasteiger partial charge is 0.269 e. The molecule has 1 N–H and O–H groups in total. The molecule has 0 radical (unpaired) electrons. The SMILES string of the molecule is CC(C(=O)NC1CCCCC1)N(Cc1ccc(Cl)cc1)C(=O)CSCc1ccc([N+](=O)[O-])cc1. The van der Waals surface area contributed by atoms with Crippen molar-refractivity contribution in [2.24, 2.45) is 0 Å². The average Bonchev–Trinajstić information content (AvgIpc) is 2.84. The van der Waals surface area contributed by atoms with Crippen LogP contribution in [0.15, 0.2) is 48.5 Å². The number of hydrogen-bond acceptors (Lipinski definition) is 5. The minimum atomic E-state index is -0.606. The fourth-order valence-corrected chi connectivity index (χ4v) is 4.99. The van der Waals surface area contributed by atoms with Gasteiger partial charge in [-0.25, -0.2) is 0 Å². The topological polar surface area (TPSA) is 92.6 Å². The molecule has 2 aromatic rings. The predicted molar refractivity (Wildman–Crippen MR) is 136 cm³/mol. The van der Waals surface area contributed by atoms with Crippen LogP contribution < -0.4 is 5.32 Å². The average molecular weight is 504 g/mol. The van der Waals surface area contributed by atoms with Gasteiger partial charge in [-0.05, 0) is 43.0 Å². The van der Waals surface area contributed by atoms with E-state index in [2.05, 4.69) is 5.32 Å². The number of carbonyl (C=O) groups is 2. The molecule has 182 valence electrons. The van der Waals surface area contributed by atoms with Crippen molar-refractivity contribution in [3.8, 4) is 0 Å². The van der Waals surface area contributed by atoms with E-state index in [4.69, 9.17) is 11.6 Å². The summed E-state index contributed by atoms with van der Waals surface area (Å²) in [5.74, 6) is 0.482. The maximum atomic E-state index is 13.2. The Labute approximate surface area is 209 Å². The van der Waals surface area contributed by atoms with E-state index < -0.39 is 11.0 Å². The van der Waals surface area contributed by atoms with Gasteiger partial charge in [-0.2, -0.15) is 0 Å². The lowest BCUT2D eigenvalue weighted by Gasteiger charge is -2.31. The molecule has 1 aliphatic rings. The molecule has 2 amide bonds. The van der Waals surface area contributed by atoms with Crippen LogP contribution in [0.5, 0.6) is 0 Å². The summed E-state index contributed by atoms with van der Waals surface area (Å²) in [6, 6.07) is 13.1. The number of nitro benzene ring substituents is 1. The van der Waals surface area contributed by atoms with Gasteiger partial charge in [0.05, 0.1) is 10.7 Å². The second-order valence-corrected chi connectivity index (χ2v) is 10.0. The van der Waals surface area contributed by atoms with Crippen LogP contribution in [-0.2, 0) is 21.9 Å². The van der Waals surface area contributed by atoms with Crippen molar-refractivity contribution < 1.29 is 14.5 Å². The molecule has 1 fully saturated rings. The molecule has 0 aliphatic heterocycles. The van der Waals surface area contributed by atoms with Gasteiger partial charge in [-0.3, -0.25) is 19.7 Å². The van der Waals surface area contributed by atoms with Gasteiger partial charge in [0.15, 0.2) is 0 Å². The highest BCUT2D eigenvalue weighted by molar-refractivity contribution is 7.99. The largest absolute Gasteiger partial charge is 0.352 e. The van der Waals surface area contributed by atoms with E-state index in [0.717, 1.165) is 36.8 Å². The number of nitro groups is 1. The molecule has 7 nitrogen and oxygen atoms in total. The Morgan fingerprint density at radius 3 is 2.32 bits per heavy atom. The van der Waals surface area contributed by atoms with Crippen LogP contribution in [0.4, 0.5) is 5.69 Å². The van der Waals surface area contributed by atoms with Crippen LogP contribution in [0.2, 0.25) is 5.02 Å². The monoisotopic (exact) mass is 503 g/mol. The number of hydrogen-bond donors (Lipinski definition) is 1. The zero-order chi connectivity index (χ0) is 24.5. The Morgan fingerprint density at radius 1 is 1.09 bits per heavy atom. The molecule has 0 aromatic heterocycles. The molecule has 34 heavy (non-hydrogen) atoms. The highest BCUT2D eigenvalue weighted by Crippen LogP contribution is 2.21. The van der Waals surface area contributed by atoms with E-state index in [1.807, 2.05) is 12.1 Å². The zero-order valence-electron chi connectivity index (χ0n) is 19.2. The number of nitrogens with zero attached hydrogens (tertiary/aromatic N) is 2. The molecule has 1 atom stereocenters. The number of rotatable bonds is 10. The maximum Gasteiger partial charge on any atom is 0.269 e. The van der Waals surface area contributed by atoms with Gasteiger partial charge in [0.25, 0.3) is 5.69 Å². The van der Waals surface area contributed by atoms with Crippen molar-refractivity contribution in [1.82, 2.24) is 10.2 Å². The first-order valence-corrected chi connectivity index (χ1v) is 13.0. The molecule has 1 saturated carbocycles. The second kappa shape index (κ2) is 12.8. The lowest BCUT2D eigenvalue weighted by atomic mass is 9.95. The number of halogens is 1. The second-order valence-electron chi connectivity index (χ2n) is 8.58. The van der Waals surface area contributed by atoms with Crippen molar-refractivity contribution in [3.63, 3.8) is 0 Å². The fourth-order valence-electron chi connectivity index (χ4n) is 3.99. The first-order valence-electron chi connectivity index (χ1n) is 11.5. The molecule has 1 aliphatic carbocycles. The summed E-state index contributed by atoms with van der Waals surface area (Å²) in [5, 5.41) is 14.6. The van der Waals surface area contributed by atoms with Gasteiger partial charge in [-0.15, -0.1) is 11.8 Å². The molecule has 0 heterocycles. The third kappa shape index (κ3) is 7.74. The number of non-ortho nitro benzene ring substituents is 1. The van der Waals surface area contributed by atoms with Gasteiger partial charge >= 0.3 is 0 Å². The van der Waals surface area contributed by atoms with Crippen molar-refractivity contribution in [2.45, 2.75) is 63.4 Å². The predicted octanol–water partition coefficient (Wildman–Crippen LogP) is 5.35. The summed E-state index contributed by atoms with van der Waals surface area (Å²) in [4.78, 5) is 38.2. The molecule has 0 spiro atoms. The molecule has 2 aromatic carbocycles. The maximum absolute atomic E-state index is 13.2. The van der Waals surface area contributed by atoms with Gasteiger partial charge < -0.3 is 10.2 Å². The first kappa shape index (κ1) is 26.0. The first-order chi connectivity index (χ1) is 16.3. The third-order valence-electron chi connectivity index (χ3n) is 6.03. The number of thioether (sulfide) groups is 1. The van der Waals surface area contributed by atoms with Crippen LogP contribution in [0, 0.1) is 10.1 Å². The number of amides is 2. The van der Waals surface area contributed by atoms with Crippen molar-refractivity contribution >= 4 is 40.9 Å². The van der Waals surface area contributed by atoms with Crippen LogP contribution in [0.1, 0.15) is 50.2 Å². The van der Waals surface area contributed by atoms with Crippen molar-refractivity contribution in [2.75, 3.05) is 5.75 Å². The zero-order valence-corrected chi connectivity index (χ0v) is 20.8. The van der Waals surface area contributed by atoms with Gasteiger partial charge in [0.1, 0.15) is 6.04 Å². The Bertz CT molecular complexity index is 979. The van der Waals surface area contributed by atoms with Crippen LogP contribution >= 0.6 is 23.4 Å². The summed E-state index contributed by atoms with van der Waals surface area (Å²) < 4.78 is 0. The van der Waals surface area contributed by atoms with E-state index in [-0.39, 0.29) is 29.3 Å². The fraction of sp³-hybridized carbons (Fsp3) is 0.440. The Kier molecular flexibility index (Phi) is 9.77. The highest BCUT2D eigenvalue weighted by atomic mass is 35.5. The molecule has 9 heteroatoms. The summed E-state index contributed by atoms with van der Waals surface area (Å²) in [6.45, 7) is 2.08. The Hall–Kier alpha value is -2.58. The molecule has 3 rings (SSSR count). The minimum absolute atomic E-state index is 0.0387. The normalized spacial score (nSPS) is 14.9. The lowest BCUT2D eigenvalue weighted by Crippen LogP contribution is -2.50. The lowest BCUT2D eigenvalue weighted by molar-refractivity contribution is -0.384. The van der Waals surface area contributed by atoms with E-state index in [1.165, 1.54) is 30.3 Å². The molecule has 0 saturated heterocycles. The number of benzene rings is 2. The molecular formula is C25H30ClN3O4S. The van der Waals surface area contributed by atoms with Gasteiger partial charge in [0.2, 0.25) is 11.8 Å². The van der Waals surface area contributed by atoms with Gasteiger partial charge in [0, 0.05) is 35.5 Å². The summed E-state index contributed by atoms with van der Waals surface area (Å²) >= 11 is 7.42. The third-order valence-corrected chi connectivity index (χ3v) is 7.27. The molecule has 1 unspecified atom stereocenters. The summed E-state index contributed by atoms with van der Waals surface area (Å²) in [7, 11) is 0. The van der Waals surface area contributed by atoms with E-state index in [9.17, 15) is 19.7 Å². The van der Waals surface area contributed by atoms with Gasteiger partial charge in [-0.1, -0.05) is 55.1 Å². The Balaban J connectivity index is 1.63. The Morgan fingerprint density at radius 2 is 1.71 bits per heavy atom. The quantitative estimate of drug-likeness (QED) is 0.348. The highest BCUT2D eigenvalue weighted by Gasteiger charge is 2.28. The van der Waals surface area contributed by atoms with Crippen LogP contribution in [0.25, 0.3) is 0 Å². The van der Waals surface area contributed by atoms with Crippen molar-refractivity contribution in [1.29, 1.82) is 0 Å². The van der Waals surface area contributed by atoms with Crippen LogP contribution in [0.3, 0.4) is 0 Å². The van der Waals surface area contributed by atoms with Crippen LogP contribution in [-0.4, -0.2) is 39.5 Å². The van der Waals surface area contributed by atoms with E-state index >= 15 is 0 Å². The molecular weight excluding hydrogens is 474 g/mol. The minimum Gasteiger partial charge on any atom is -0.352 e. The van der Waals surface area contributed by atoms with E-state index in [1.54, 1.807) is 36.1 Å². The number of carbonyl (C=O) groups excluding carboxylic acids is 2. The summed E-state index contributed by atoms with van der Waals surface area (Å²) in [6.07, 6.45) is 5.40. The number of nitrogens with one attached hydrogen (secondary N) is 1. The molecule has 0 bridgehead atoms.